The number of rotatable bonds is 2. The van der Waals surface area contributed by atoms with E-state index >= 15 is 0 Å². The van der Waals surface area contributed by atoms with Crippen LogP contribution in [0.15, 0.2) is 30.5 Å². The van der Waals surface area contributed by atoms with Crippen LogP contribution in [0.3, 0.4) is 0 Å². The van der Waals surface area contributed by atoms with Gasteiger partial charge in [0.2, 0.25) is 0 Å². The highest BCUT2D eigenvalue weighted by molar-refractivity contribution is 5.83. The number of carbonyl (C=O) groups is 1. The summed E-state index contributed by atoms with van der Waals surface area (Å²) in [6.45, 7) is 5.92. The van der Waals surface area contributed by atoms with Crippen molar-refractivity contribution in [2.75, 3.05) is 0 Å². The van der Waals surface area contributed by atoms with E-state index in [9.17, 15) is 4.79 Å². The summed E-state index contributed by atoms with van der Waals surface area (Å²) in [4.78, 5) is 12.7. The van der Waals surface area contributed by atoms with Gasteiger partial charge in [0.05, 0.1) is 12.5 Å². The third-order valence-corrected chi connectivity index (χ3v) is 2.35. The average Bonchev–Trinajstić information content (AvgIpc) is 2.73. The van der Waals surface area contributed by atoms with Crippen LogP contribution in [0, 0.1) is 11.3 Å². The van der Waals surface area contributed by atoms with Gasteiger partial charge >= 0.3 is 0 Å². The van der Waals surface area contributed by atoms with Crippen molar-refractivity contribution in [3.05, 3.63) is 36.0 Å². The fraction of sp³-hybridized carbons (Fsp3) is 0.333. The summed E-state index contributed by atoms with van der Waals surface area (Å²) in [6, 6.07) is 10.1. The van der Waals surface area contributed by atoms with Gasteiger partial charge in [0.1, 0.15) is 5.60 Å². The Morgan fingerprint density at radius 3 is 2.58 bits per heavy atom. The van der Waals surface area contributed by atoms with E-state index in [0.717, 1.165) is 16.5 Å². The van der Waals surface area contributed by atoms with Crippen molar-refractivity contribution in [2.24, 2.45) is 0 Å². The molecule has 4 heteroatoms. The molecule has 0 unspecified atom stereocenters. The minimum absolute atomic E-state index is 0.318. The molecule has 0 aliphatic rings. The molecule has 1 aromatic carbocycles. The topological polar surface area (TPSA) is 65.9 Å². The minimum atomic E-state index is -0.318. The quantitative estimate of drug-likeness (QED) is 0.841. The Balaban J connectivity index is 0.000000224. The number of carbonyl (C=O) groups excluding carboxylic acids is 1. The molecular weight excluding hydrogens is 240 g/mol. The van der Waals surface area contributed by atoms with E-state index in [2.05, 4.69) is 15.8 Å². The van der Waals surface area contributed by atoms with Crippen LogP contribution in [0.5, 0.6) is 0 Å². The molecular formula is C15H18N2O2. The summed E-state index contributed by atoms with van der Waals surface area (Å²) in [7, 11) is 0. The average molecular weight is 258 g/mol. The van der Waals surface area contributed by atoms with E-state index < -0.39 is 0 Å². The molecule has 0 aliphatic carbocycles. The molecule has 0 aliphatic heterocycles. The third-order valence-electron chi connectivity index (χ3n) is 2.35. The van der Waals surface area contributed by atoms with Gasteiger partial charge in [-0.2, -0.15) is 5.26 Å². The van der Waals surface area contributed by atoms with E-state index in [1.54, 1.807) is 0 Å². The van der Waals surface area contributed by atoms with E-state index in [4.69, 9.17) is 5.26 Å². The minimum Gasteiger partial charge on any atom is -0.462 e. The zero-order valence-corrected chi connectivity index (χ0v) is 11.4. The number of fused-ring (bicyclic) bond motifs is 1. The van der Waals surface area contributed by atoms with Crippen LogP contribution in [-0.4, -0.2) is 17.1 Å². The van der Waals surface area contributed by atoms with Crippen LogP contribution in [-0.2, 0) is 16.0 Å². The van der Waals surface area contributed by atoms with Gasteiger partial charge in [-0.05, 0) is 32.4 Å². The smallest absolute Gasteiger partial charge is 0.293 e. The molecule has 2 rings (SSSR count). The molecule has 0 fully saturated rings. The molecule has 0 saturated carbocycles. The fourth-order valence-corrected chi connectivity index (χ4v) is 1.51. The van der Waals surface area contributed by atoms with E-state index in [0.29, 0.717) is 12.9 Å². The largest absolute Gasteiger partial charge is 0.462 e. The Labute approximate surface area is 113 Å². The van der Waals surface area contributed by atoms with E-state index in [1.807, 2.05) is 51.2 Å². The summed E-state index contributed by atoms with van der Waals surface area (Å²) in [5.74, 6) is 0. The summed E-state index contributed by atoms with van der Waals surface area (Å²) < 4.78 is 4.55. The second-order valence-electron chi connectivity index (χ2n) is 5.02. The monoisotopic (exact) mass is 258 g/mol. The Bertz CT molecular complexity index is 574. The normalized spacial score (nSPS) is 10.2. The number of nitrogens with zero attached hydrogens (tertiary/aromatic N) is 1. The van der Waals surface area contributed by atoms with Crippen LogP contribution in [0.1, 0.15) is 26.3 Å². The number of aromatic nitrogens is 1. The number of para-hydroxylation sites is 1. The molecule has 0 atom stereocenters. The lowest BCUT2D eigenvalue weighted by Crippen LogP contribution is -2.17. The first-order valence-corrected chi connectivity index (χ1v) is 6.01. The van der Waals surface area contributed by atoms with Crippen LogP contribution >= 0.6 is 0 Å². The second kappa shape index (κ2) is 6.60. The van der Waals surface area contributed by atoms with Crippen molar-refractivity contribution >= 4 is 17.4 Å². The van der Waals surface area contributed by atoms with Crippen LogP contribution in [0.2, 0.25) is 0 Å². The summed E-state index contributed by atoms with van der Waals surface area (Å²) in [5.41, 5.74) is 1.86. The molecule has 19 heavy (non-hydrogen) atoms. The van der Waals surface area contributed by atoms with Gasteiger partial charge < -0.3 is 9.72 Å². The molecule has 0 saturated heterocycles. The van der Waals surface area contributed by atoms with Crippen molar-refractivity contribution in [3.8, 4) is 6.07 Å². The highest BCUT2D eigenvalue weighted by Gasteiger charge is 2.07. The Morgan fingerprint density at radius 2 is 2.05 bits per heavy atom. The second-order valence-corrected chi connectivity index (χ2v) is 5.02. The van der Waals surface area contributed by atoms with E-state index in [1.165, 1.54) is 0 Å². The lowest BCUT2D eigenvalue weighted by molar-refractivity contribution is -0.138. The van der Waals surface area contributed by atoms with Crippen molar-refractivity contribution < 1.29 is 9.53 Å². The highest BCUT2D eigenvalue weighted by atomic mass is 16.5. The first-order chi connectivity index (χ1) is 8.98. The maximum Gasteiger partial charge on any atom is 0.293 e. The van der Waals surface area contributed by atoms with Gasteiger partial charge in [-0.3, -0.25) is 4.79 Å². The molecule has 0 amide bonds. The Morgan fingerprint density at radius 1 is 1.37 bits per heavy atom. The number of hydrogen-bond acceptors (Lipinski definition) is 3. The van der Waals surface area contributed by atoms with E-state index in [-0.39, 0.29) is 5.60 Å². The van der Waals surface area contributed by atoms with Crippen molar-refractivity contribution in [1.82, 2.24) is 4.98 Å². The van der Waals surface area contributed by atoms with Crippen molar-refractivity contribution in [3.63, 3.8) is 0 Å². The number of hydrogen-bond donors (Lipinski definition) is 1. The predicted octanol–water partition coefficient (Wildman–Crippen LogP) is 3.19. The molecule has 0 bridgehead atoms. The van der Waals surface area contributed by atoms with Crippen LogP contribution in [0.25, 0.3) is 10.9 Å². The number of H-pyrrole nitrogens is 1. The SMILES string of the molecule is CC(C)(C)OC=O.N#CCc1c[nH]c2ccccc12. The fourth-order valence-electron chi connectivity index (χ4n) is 1.51. The van der Waals surface area contributed by atoms with Gasteiger partial charge in [-0.15, -0.1) is 0 Å². The van der Waals surface area contributed by atoms with Gasteiger partial charge in [-0.25, -0.2) is 0 Å². The lowest BCUT2D eigenvalue weighted by atomic mass is 10.1. The molecule has 0 radical (unpaired) electrons. The lowest BCUT2D eigenvalue weighted by Gasteiger charge is -2.14. The molecule has 2 aromatic rings. The zero-order valence-electron chi connectivity index (χ0n) is 11.4. The van der Waals surface area contributed by atoms with Crippen molar-refractivity contribution in [1.29, 1.82) is 5.26 Å². The standard InChI is InChI=1S/C10H8N2.C5H10O2/c11-6-5-8-7-12-10-4-2-1-3-9(8)10;1-5(2,3)7-4-6/h1-4,7,12H,5H2;4H,1-3H3. The first kappa shape index (κ1) is 14.8. The molecule has 1 N–H and O–H groups in total. The summed E-state index contributed by atoms with van der Waals surface area (Å²) in [5, 5.41) is 9.69. The molecule has 1 heterocycles. The summed E-state index contributed by atoms with van der Waals surface area (Å²) >= 11 is 0. The maximum absolute atomic E-state index is 9.60. The number of ether oxygens (including phenoxy) is 1. The van der Waals surface area contributed by atoms with Crippen LogP contribution in [0.4, 0.5) is 0 Å². The zero-order chi connectivity index (χ0) is 14.3. The number of aromatic amines is 1. The Hall–Kier alpha value is -2.28. The highest BCUT2D eigenvalue weighted by Crippen LogP contribution is 2.17. The molecule has 100 valence electrons. The molecule has 1 aromatic heterocycles. The van der Waals surface area contributed by atoms with Gasteiger partial charge in [-0.1, -0.05) is 18.2 Å². The van der Waals surface area contributed by atoms with Gasteiger partial charge in [0.15, 0.2) is 0 Å². The van der Waals surface area contributed by atoms with Gasteiger partial charge in [0.25, 0.3) is 6.47 Å². The maximum atomic E-state index is 9.60. The van der Waals surface area contributed by atoms with Crippen molar-refractivity contribution in [2.45, 2.75) is 32.8 Å². The first-order valence-electron chi connectivity index (χ1n) is 6.01. The number of benzene rings is 1. The predicted molar refractivity (Wildman–Crippen MR) is 74.5 cm³/mol. The third kappa shape index (κ3) is 4.84. The van der Waals surface area contributed by atoms with Crippen LogP contribution < -0.4 is 0 Å². The Kier molecular flexibility index (Phi) is 5.13. The van der Waals surface area contributed by atoms with Gasteiger partial charge in [0, 0.05) is 17.1 Å². The number of nitriles is 1. The molecule has 0 spiro atoms. The summed E-state index contributed by atoms with van der Waals surface area (Å²) in [6.07, 6.45) is 2.37. The number of nitrogens with one attached hydrogen (secondary N) is 1. The molecule has 4 nitrogen and oxygen atoms in total.